The van der Waals surface area contributed by atoms with Gasteiger partial charge in [-0.3, -0.25) is 19.2 Å². The molecule has 2 saturated heterocycles. The molecule has 0 spiro atoms. The first-order valence-corrected chi connectivity index (χ1v) is 27.2. The second kappa shape index (κ2) is 22.5. The maximum atomic E-state index is 17.7. The summed E-state index contributed by atoms with van der Waals surface area (Å²) in [6.07, 6.45) is -2.33. The number of fused-ring (bicyclic) bond motifs is 5. The number of aliphatic hydroxyl groups is 5. The van der Waals surface area contributed by atoms with Crippen LogP contribution >= 0.6 is 0 Å². The molecule has 5 N–H and O–H groups in total. The minimum Gasteiger partial charge on any atom is -0.464 e. The topological polar surface area (TPSA) is 245 Å². The number of alkyl halides is 1. The van der Waals surface area contributed by atoms with Crippen LogP contribution in [0.2, 0.25) is 0 Å². The van der Waals surface area contributed by atoms with E-state index in [0.717, 1.165) is 0 Å². The Morgan fingerprint density at radius 2 is 1.59 bits per heavy atom. The lowest BCUT2D eigenvalue weighted by Crippen LogP contribution is -2.69. The van der Waals surface area contributed by atoms with Gasteiger partial charge in [-0.25, -0.2) is 9.18 Å². The molecule has 5 fully saturated rings. The number of allylic oxidation sites excluding steroid dienone is 4. The Labute approximate surface area is 437 Å². The Kier molecular flexibility index (Phi) is 18.2. The lowest BCUT2D eigenvalue weighted by molar-refractivity contribution is -0.292. The second-order valence-electron chi connectivity index (χ2n) is 24.3. The molecule has 420 valence electrons. The van der Waals surface area contributed by atoms with Crippen LogP contribution in [0.4, 0.5) is 4.39 Å². The quantitative estimate of drug-likeness (QED) is 0.0958. The number of ether oxygens (including phenoxy) is 6. The maximum absolute atomic E-state index is 17.7. The third kappa shape index (κ3) is 11.0. The predicted molar refractivity (Wildman–Crippen MR) is 268 cm³/mol. The highest BCUT2D eigenvalue weighted by Crippen LogP contribution is 2.70. The molecule has 0 aromatic carbocycles. The van der Waals surface area contributed by atoms with Crippen molar-refractivity contribution in [3.8, 4) is 0 Å². The Morgan fingerprint density at radius 3 is 2.24 bits per heavy atom. The van der Waals surface area contributed by atoms with E-state index in [2.05, 4.69) is 0 Å². The molecule has 2 unspecified atom stereocenters. The molecule has 0 aromatic heterocycles. The standard InChI is InChI=1S/C56H88FNO16/c1-14-43-54(12,67)46(63)35(7)58(13)29-30(2)27-53(11,66)47(74-49-41(71-36(8)59)21-18-32(4)70-49)33(5)45(34(6)48(64)72-43)73-44(62)17-15-16-24-69-50(65)56(68)31(3)25-40-39-20-19-37-26-38(60)22-23-51(37,9)55(39,57)42(61)28-52(40,56)10/h22-23,26,30-35,39-43,45-47,49,61,63,66-68H,14-21,24-25,27-29H2,1-13H3/t30-,31-,32-,33+,34-,35-,39?,40?,41-,42+,43-,45+,46-,47-,49+,51+,52+,53-,54-,55+,56+/m1/s1. The van der Waals surface area contributed by atoms with Crippen molar-refractivity contribution in [1.82, 2.24) is 4.90 Å². The molecule has 6 aliphatic rings. The van der Waals surface area contributed by atoms with Gasteiger partial charge in [0.1, 0.15) is 23.9 Å². The number of esters is 4. The number of likely N-dealkylation sites (N-methyl/N-ethyl adjacent to an activating group) is 1. The van der Waals surface area contributed by atoms with E-state index in [1.807, 2.05) is 18.7 Å². The zero-order valence-electron chi connectivity index (χ0n) is 46.1. The smallest absolute Gasteiger partial charge is 0.338 e. The maximum Gasteiger partial charge on any atom is 0.338 e. The summed E-state index contributed by atoms with van der Waals surface area (Å²) in [5.74, 6) is -7.52. The normalized spacial score (nSPS) is 46.4. The fourth-order valence-electron chi connectivity index (χ4n) is 14.5. The number of hydrogen-bond donors (Lipinski definition) is 5. The average Bonchev–Trinajstić information content (AvgIpc) is 3.52. The second-order valence-corrected chi connectivity index (χ2v) is 24.3. The summed E-state index contributed by atoms with van der Waals surface area (Å²) >= 11 is 0. The molecular weight excluding hydrogens is 962 g/mol. The number of carbonyl (C=O) groups excluding carboxylic acids is 5. The number of nitrogens with zero attached hydrogens (tertiary/aromatic N) is 1. The van der Waals surface area contributed by atoms with Crippen molar-refractivity contribution in [3.63, 3.8) is 0 Å². The van der Waals surface area contributed by atoms with Gasteiger partial charge in [0.2, 0.25) is 0 Å². The Morgan fingerprint density at radius 1 is 0.919 bits per heavy atom. The SMILES string of the molecule is CC[C@H]1OC(=O)[C@H](C)[C@@H](OC(=O)CCCCOC(=O)[C@@]2(O)[C@H](C)CC3C4CCC5=CC(=O)C=C[C@]5(C)[C@@]4(F)[C@@H](O)C[C@@]32C)[C@H](C)[C@@H](O[C@@H]2O[C@H](C)CC[C@H]2OC(C)=O)[C@](C)(O)C[C@@H](C)CN(C)[C@H](C)[C@@H](O)[C@]1(C)O. The van der Waals surface area contributed by atoms with Gasteiger partial charge in [-0.05, 0) is 143 Å². The van der Waals surface area contributed by atoms with Crippen LogP contribution in [0.1, 0.15) is 154 Å². The van der Waals surface area contributed by atoms with Crippen molar-refractivity contribution in [2.45, 2.75) is 231 Å². The molecule has 18 heteroatoms. The third-order valence-electron chi connectivity index (χ3n) is 18.8. The van der Waals surface area contributed by atoms with Crippen LogP contribution in [0.25, 0.3) is 0 Å². The number of hydrogen-bond acceptors (Lipinski definition) is 17. The summed E-state index contributed by atoms with van der Waals surface area (Å²) in [7, 11) is 1.79. The Bertz CT molecular complexity index is 2130. The summed E-state index contributed by atoms with van der Waals surface area (Å²) in [5.41, 5.74) is -9.65. The average molecular weight is 1050 g/mol. The number of unbranched alkanes of at least 4 members (excludes halogenated alkanes) is 1. The lowest BCUT2D eigenvalue weighted by Gasteiger charge is -2.62. The van der Waals surface area contributed by atoms with Crippen molar-refractivity contribution in [3.05, 3.63) is 23.8 Å². The van der Waals surface area contributed by atoms with Crippen molar-refractivity contribution in [1.29, 1.82) is 0 Å². The van der Waals surface area contributed by atoms with E-state index >= 15 is 4.39 Å². The summed E-state index contributed by atoms with van der Waals surface area (Å²) in [5, 5.41) is 60.2. The highest BCUT2D eigenvalue weighted by molar-refractivity contribution is 6.01. The van der Waals surface area contributed by atoms with Gasteiger partial charge in [0, 0.05) is 48.6 Å². The van der Waals surface area contributed by atoms with Gasteiger partial charge >= 0.3 is 23.9 Å². The minimum absolute atomic E-state index is 0.117. The van der Waals surface area contributed by atoms with Crippen LogP contribution in [0, 0.1) is 46.3 Å². The van der Waals surface area contributed by atoms with Gasteiger partial charge in [-0.1, -0.05) is 46.3 Å². The molecule has 2 aliphatic heterocycles. The molecule has 21 atom stereocenters. The fourth-order valence-corrected chi connectivity index (χ4v) is 14.5. The van der Waals surface area contributed by atoms with Crippen molar-refractivity contribution in [2.24, 2.45) is 46.3 Å². The van der Waals surface area contributed by atoms with Crippen LogP contribution in [0.5, 0.6) is 0 Å². The van der Waals surface area contributed by atoms with E-state index in [9.17, 15) is 49.5 Å². The van der Waals surface area contributed by atoms with Gasteiger partial charge in [-0.15, -0.1) is 0 Å². The summed E-state index contributed by atoms with van der Waals surface area (Å²) in [4.78, 5) is 68.9. The van der Waals surface area contributed by atoms with E-state index in [-0.39, 0.29) is 62.9 Å². The van der Waals surface area contributed by atoms with Crippen molar-refractivity contribution in [2.75, 3.05) is 20.2 Å². The number of ketones is 1. The van der Waals surface area contributed by atoms with Gasteiger partial charge in [0.05, 0.1) is 36.4 Å². The zero-order valence-corrected chi connectivity index (χ0v) is 46.1. The van der Waals surface area contributed by atoms with E-state index in [1.54, 1.807) is 61.6 Å². The molecule has 0 aromatic rings. The number of halogens is 1. The number of rotatable bonds is 11. The molecule has 0 bridgehead atoms. The van der Waals surface area contributed by atoms with E-state index in [4.69, 9.17) is 28.4 Å². The Balaban J connectivity index is 1.19. The first kappa shape index (κ1) is 59.9. The minimum atomic E-state index is -2.14. The highest BCUT2D eigenvalue weighted by atomic mass is 19.1. The number of carbonyl (C=O) groups is 5. The van der Waals surface area contributed by atoms with E-state index < -0.39 is 136 Å². The molecule has 2 heterocycles. The molecule has 74 heavy (non-hydrogen) atoms. The first-order chi connectivity index (χ1) is 34.3. The zero-order chi connectivity index (χ0) is 55.3. The monoisotopic (exact) mass is 1050 g/mol. The van der Waals surface area contributed by atoms with Gasteiger partial charge in [0.15, 0.2) is 29.4 Å². The molecular formula is C56H88FNO16. The van der Waals surface area contributed by atoms with Crippen LogP contribution in [0.15, 0.2) is 23.8 Å². The summed E-state index contributed by atoms with van der Waals surface area (Å²) in [6, 6.07) is -0.620. The molecule has 17 nitrogen and oxygen atoms in total. The van der Waals surface area contributed by atoms with Gasteiger partial charge in [-0.2, -0.15) is 0 Å². The van der Waals surface area contributed by atoms with Crippen LogP contribution in [-0.2, 0) is 52.4 Å². The van der Waals surface area contributed by atoms with E-state index in [0.29, 0.717) is 44.2 Å². The van der Waals surface area contributed by atoms with E-state index in [1.165, 1.54) is 32.9 Å². The highest BCUT2D eigenvalue weighted by Gasteiger charge is 2.76. The molecule has 6 rings (SSSR count). The predicted octanol–water partition coefficient (Wildman–Crippen LogP) is 5.62. The summed E-state index contributed by atoms with van der Waals surface area (Å²) < 4.78 is 54.2. The first-order valence-electron chi connectivity index (χ1n) is 27.2. The van der Waals surface area contributed by atoms with Crippen LogP contribution in [0.3, 0.4) is 0 Å². The van der Waals surface area contributed by atoms with Gasteiger partial charge < -0.3 is 58.9 Å². The van der Waals surface area contributed by atoms with Crippen LogP contribution in [-0.4, -0.2) is 158 Å². The van der Waals surface area contributed by atoms with Crippen molar-refractivity contribution >= 4 is 29.7 Å². The van der Waals surface area contributed by atoms with Crippen molar-refractivity contribution < 1.29 is 82.3 Å². The fraction of sp³-hybridized carbons (Fsp3) is 0.839. The number of aliphatic hydroxyl groups excluding tert-OH is 2. The molecule has 4 aliphatic carbocycles. The van der Waals surface area contributed by atoms with Crippen LogP contribution < -0.4 is 0 Å². The Hall–Kier alpha value is -3.36. The lowest BCUT2D eigenvalue weighted by atomic mass is 9.45. The molecule has 0 radical (unpaired) electrons. The van der Waals surface area contributed by atoms with Gasteiger partial charge in [0.25, 0.3) is 0 Å². The third-order valence-corrected chi connectivity index (χ3v) is 18.8. The number of cyclic esters (lactones) is 1. The summed E-state index contributed by atoms with van der Waals surface area (Å²) in [6.45, 7) is 20.0. The molecule has 0 amide bonds. The molecule has 3 saturated carbocycles. The largest absolute Gasteiger partial charge is 0.464 e.